The van der Waals surface area contributed by atoms with Gasteiger partial charge in [-0.1, -0.05) is 12.1 Å². The van der Waals surface area contributed by atoms with Gasteiger partial charge in [0.25, 0.3) is 15.2 Å². The summed E-state index contributed by atoms with van der Waals surface area (Å²) in [7, 11) is -2.41. The minimum Gasteiger partial charge on any atom is -0.485 e. The van der Waals surface area contributed by atoms with Crippen molar-refractivity contribution in [3.05, 3.63) is 30.1 Å². The molecule has 1 aromatic carbocycles. The predicted molar refractivity (Wildman–Crippen MR) is 67.7 cm³/mol. The molecule has 0 saturated heterocycles. The Kier molecular flexibility index (Phi) is 2.87. The van der Waals surface area contributed by atoms with E-state index in [9.17, 15) is 8.42 Å². The number of hydrogen-bond acceptors (Lipinski definition) is 6. The van der Waals surface area contributed by atoms with Gasteiger partial charge in [-0.3, -0.25) is 0 Å². The first-order chi connectivity index (χ1) is 9.47. The van der Waals surface area contributed by atoms with E-state index in [0.717, 1.165) is 0 Å². The first kappa shape index (κ1) is 12.9. The van der Waals surface area contributed by atoms with Crippen LogP contribution >= 0.6 is 0 Å². The zero-order chi connectivity index (χ0) is 14.3. The molecule has 20 heavy (non-hydrogen) atoms. The minimum absolute atomic E-state index is 0.216. The molecule has 9 heteroatoms. The van der Waals surface area contributed by atoms with E-state index in [1.165, 1.54) is 11.6 Å². The summed E-state index contributed by atoms with van der Waals surface area (Å²) in [5.41, 5.74) is 0. The Bertz CT molecular complexity index is 756. The molecular formula is C11H12N4O4S. The molecule has 1 aliphatic rings. The Morgan fingerprint density at radius 1 is 1.30 bits per heavy atom. The summed E-state index contributed by atoms with van der Waals surface area (Å²) in [5, 5.41) is 12.2. The molecule has 8 nitrogen and oxygen atoms in total. The van der Waals surface area contributed by atoms with Gasteiger partial charge in [-0.2, -0.15) is 0 Å². The van der Waals surface area contributed by atoms with Gasteiger partial charge in [-0.15, -0.1) is 10.2 Å². The summed E-state index contributed by atoms with van der Waals surface area (Å²) in [6.45, 7) is 0.216. The second-order valence-electron chi connectivity index (χ2n) is 4.31. The summed E-state index contributed by atoms with van der Waals surface area (Å²) in [5.74, 6) is 1.55. The molecule has 0 bridgehead atoms. The Morgan fingerprint density at radius 2 is 2.00 bits per heavy atom. The number of rotatable bonds is 2. The first-order valence-electron chi connectivity index (χ1n) is 5.77. The van der Waals surface area contributed by atoms with Crippen molar-refractivity contribution in [3.8, 4) is 11.5 Å². The van der Waals surface area contributed by atoms with E-state index >= 15 is 0 Å². The van der Waals surface area contributed by atoms with E-state index in [4.69, 9.17) is 14.6 Å². The number of para-hydroxylation sites is 2. The molecule has 0 fully saturated rings. The second-order valence-corrected chi connectivity index (χ2v) is 5.76. The van der Waals surface area contributed by atoms with E-state index in [-0.39, 0.29) is 11.8 Å². The average Bonchev–Trinajstić information content (AvgIpc) is 2.80. The van der Waals surface area contributed by atoms with Crippen LogP contribution in [0.15, 0.2) is 29.4 Å². The van der Waals surface area contributed by atoms with Crippen molar-refractivity contribution in [2.75, 3.05) is 6.61 Å². The number of sulfonamides is 1. The van der Waals surface area contributed by atoms with Crippen molar-refractivity contribution in [1.82, 2.24) is 14.8 Å². The third-order valence-electron chi connectivity index (χ3n) is 2.92. The number of benzene rings is 1. The largest absolute Gasteiger partial charge is 0.485 e. The highest BCUT2D eigenvalue weighted by Crippen LogP contribution is 2.35. The number of primary sulfonamides is 1. The molecule has 106 valence electrons. The predicted octanol–water partition coefficient (Wildman–Crippen LogP) is -0.0250. The van der Waals surface area contributed by atoms with Gasteiger partial charge in [-0.05, 0) is 12.1 Å². The molecular weight excluding hydrogens is 284 g/mol. The van der Waals surface area contributed by atoms with Crippen LogP contribution in [-0.4, -0.2) is 29.8 Å². The quantitative estimate of drug-likeness (QED) is 0.833. The highest BCUT2D eigenvalue weighted by molar-refractivity contribution is 7.89. The Balaban J connectivity index is 1.95. The van der Waals surface area contributed by atoms with Crippen LogP contribution in [0, 0.1) is 0 Å². The van der Waals surface area contributed by atoms with Crippen LogP contribution in [0.5, 0.6) is 11.5 Å². The average molecular weight is 296 g/mol. The van der Waals surface area contributed by atoms with Crippen LogP contribution in [0.3, 0.4) is 0 Å². The monoisotopic (exact) mass is 296 g/mol. The van der Waals surface area contributed by atoms with Crippen LogP contribution < -0.4 is 14.6 Å². The van der Waals surface area contributed by atoms with Gasteiger partial charge in [-0.25, -0.2) is 13.6 Å². The number of fused-ring (bicyclic) bond motifs is 1. The zero-order valence-corrected chi connectivity index (χ0v) is 11.4. The highest BCUT2D eigenvalue weighted by Gasteiger charge is 2.29. The van der Waals surface area contributed by atoms with Crippen LogP contribution in [0.1, 0.15) is 11.9 Å². The lowest BCUT2D eigenvalue weighted by molar-refractivity contribution is 0.0825. The molecule has 1 aliphatic heterocycles. The number of aromatic nitrogens is 3. The summed E-state index contributed by atoms with van der Waals surface area (Å²) in [4.78, 5) is 0. The Hall–Kier alpha value is -2.13. The third-order valence-corrected chi connectivity index (χ3v) is 3.78. The van der Waals surface area contributed by atoms with Crippen molar-refractivity contribution >= 4 is 10.0 Å². The number of nitrogens with zero attached hydrogens (tertiary/aromatic N) is 3. The van der Waals surface area contributed by atoms with Gasteiger partial charge in [0.15, 0.2) is 23.4 Å². The van der Waals surface area contributed by atoms with Crippen molar-refractivity contribution < 1.29 is 17.9 Å². The van der Waals surface area contributed by atoms with Gasteiger partial charge in [0, 0.05) is 7.05 Å². The van der Waals surface area contributed by atoms with Crippen molar-refractivity contribution in [2.45, 2.75) is 11.3 Å². The fourth-order valence-electron chi connectivity index (χ4n) is 2.00. The Morgan fingerprint density at radius 3 is 2.65 bits per heavy atom. The maximum absolute atomic E-state index is 11.3. The van der Waals surface area contributed by atoms with E-state index in [0.29, 0.717) is 17.3 Å². The molecule has 1 unspecified atom stereocenters. The molecule has 0 spiro atoms. The number of ether oxygens (including phenoxy) is 2. The topological polar surface area (TPSA) is 109 Å². The van der Waals surface area contributed by atoms with Crippen LogP contribution in [-0.2, 0) is 17.1 Å². The zero-order valence-electron chi connectivity index (χ0n) is 10.6. The minimum atomic E-state index is -3.92. The first-order valence-corrected chi connectivity index (χ1v) is 7.32. The van der Waals surface area contributed by atoms with E-state index in [1.807, 2.05) is 12.1 Å². The highest BCUT2D eigenvalue weighted by atomic mass is 32.2. The molecule has 1 atom stereocenters. The van der Waals surface area contributed by atoms with Gasteiger partial charge < -0.3 is 14.0 Å². The van der Waals surface area contributed by atoms with Crippen molar-refractivity contribution in [3.63, 3.8) is 0 Å². The van der Waals surface area contributed by atoms with E-state index in [1.54, 1.807) is 12.1 Å². The van der Waals surface area contributed by atoms with Crippen LogP contribution in [0.2, 0.25) is 0 Å². The van der Waals surface area contributed by atoms with Crippen molar-refractivity contribution in [1.29, 1.82) is 0 Å². The van der Waals surface area contributed by atoms with Crippen LogP contribution in [0.4, 0.5) is 0 Å². The Labute approximate surface area is 115 Å². The van der Waals surface area contributed by atoms with E-state index < -0.39 is 16.1 Å². The smallest absolute Gasteiger partial charge is 0.273 e. The fourth-order valence-corrected chi connectivity index (χ4v) is 2.63. The maximum Gasteiger partial charge on any atom is 0.273 e. The lowest BCUT2D eigenvalue weighted by atomic mass is 10.2. The SMILES string of the molecule is Cn1c(C2COc3ccccc3O2)nnc1S(N)(=O)=O. The fraction of sp³-hybridized carbons (Fsp3) is 0.273. The molecule has 0 aliphatic carbocycles. The molecule has 2 aromatic rings. The maximum atomic E-state index is 11.3. The van der Waals surface area contributed by atoms with Gasteiger partial charge >= 0.3 is 0 Å². The molecule has 0 amide bonds. The third kappa shape index (κ3) is 2.10. The van der Waals surface area contributed by atoms with Crippen molar-refractivity contribution in [2.24, 2.45) is 12.2 Å². The molecule has 3 rings (SSSR count). The molecule has 0 radical (unpaired) electrons. The van der Waals surface area contributed by atoms with Gasteiger partial charge in [0.1, 0.15) is 6.61 Å². The normalized spacial score (nSPS) is 18.0. The summed E-state index contributed by atoms with van der Waals surface area (Å²) >= 11 is 0. The van der Waals surface area contributed by atoms with Crippen LogP contribution in [0.25, 0.3) is 0 Å². The number of hydrogen-bond donors (Lipinski definition) is 1. The van der Waals surface area contributed by atoms with E-state index in [2.05, 4.69) is 10.2 Å². The lowest BCUT2D eigenvalue weighted by Gasteiger charge is -2.25. The molecule has 1 aromatic heterocycles. The molecule has 2 N–H and O–H groups in total. The summed E-state index contributed by atoms with van der Waals surface area (Å²) < 4.78 is 35.2. The number of nitrogens with two attached hydrogens (primary N) is 1. The lowest BCUT2D eigenvalue weighted by Crippen LogP contribution is -2.25. The summed E-state index contributed by atoms with van der Waals surface area (Å²) in [6, 6.07) is 7.21. The van der Waals surface area contributed by atoms with Gasteiger partial charge in [0.05, 0.1) is 0 Å². The van der Waals surface area contributed by atoms with Gasteiger partial charge in [0.2, 0.25) is 0 Å². The molecule has 2 heterocycles. The standard InChI is InChI=1S/C11H12N4O4S/c1-15-10(13-14-11(15)20(12,16)17)9-6-18-7-4-2-3-5-8(7)19-9/h2-5,9H,6H2,1H3,(H2,12,16,17). The summed E-state index contributed by atoms with van der Waals surface area (Å²) in [6.07, 6.45) is -0.544. The second kappa shape index (κ2) is 4.46. The molecule has 0 saturated carbocycles.